The van der Waals surface area contributed by atoms with Gasteiger partial charge in [0.2, 0.25) is 0 Å². The van der Waals surface area contributed by atoms with Crippen LogP contribution in [0.25, 0.3) is 0 Å². The van der Waals surface area contributed by atoms with E-state index < -0.39 is 0 Å². The average Bonchev–Trinajstić information content (AvgIpc) is 3.10. The van der Waals surface area contributed by atoms with Gasteiger partial charge in [0.05, 0.1) is 0 Å². The molecule has 2 amide bonds. The Morgan fingerprint density at radius 3 is 2.16 bits per heavy atom. The highest BCUT2D eigenvalue weighted by Crippen LogP contribution is 2.39. The Bertz CT molecular complexity index is 585. The lowest BCUT2D eigenvalue weighted by atomic mass is 9.80. The first-order valence-corrected chi connectivity index (χ1v) is 10.2. The number of urea groups is 1. The number of fused-ring (bicyclic) bond motifs is 2. The summed E-state index contributed by atoms with van der Waals surface area (Å²) in [5.41, 5.74) is 0.783. The number of amides is 2. The number of hydrogen-bond donors (Lipinski definition) is 2. The molecule has 25 heavy (non-hydrogen) atoms. The molecule has 2 N–H and O–H groups in total. The van der Waals surface area contributed by atoms with Crippen LogP contribution in [0.15, 0.2) is 24.3 Å². The molecule has 4 nitrogen and oxygen atoms in total. The molecule has 0 unspecified atom stereocenters. The van der Waals surface area contributed by atoms with Crippen LogP contribution >= 0.6 is 11.6 Å². The molecule has 0 aromatic heterocycles. The van der Waals surface area contributed by atoms with E-state index in [1.165, 1.54) is 44.9 Å². The number of hydrogen-bond acceptors (Lipinski definition) is 2. The van der Waals surface area contributed by atoms with Crippen molar-refractivity contribution < 1.29 is 4.79 Å². The minimum Gasteiger partial charge on any atom is -0.335 e. The fourth-order valence-corrected chi connectivity index (χ4v) is 5.35. The van der Waals surface area contributed by atoms with Crippen molar-refractivity contribution in [2.24, 2.45) is 0 Å². The Kier molecular flexibility index (Phi) is 5.18. The molecule has 1 aliphatic carbocycles. The number of carbonyl (C=O) groups excluding carboxylic acids is 1. The van der Waals surface area contributed by atoms with Crippen molar-refractivity contribution in [1.29, 1.82) is 0 Å². The van der Waals surface area contributed by atoms with Crippen LogP contribution in [0.3, 0.4) is 0 Å². The summed E-state index contributed by atoms with van der Waals surface area (Å²) >= 11 is 5.89. The van der Waals surface area contributed by atoms with E-state index in [9.17, 15) is 4.79 Å². The van der Waals surface area contributed by atoms with Gasteiger partial charge in [0.1, 0.15) is 0 Å². The Balaban J connectivity index is 1.34. The smallest absolute Gasteiger partial charge is 0.319 e. The van der Waals surface area contributed by atoms with Crippen LogP contribution in [0.1, 0.15) is 57.8 Å². The monoisotopic (exact) mass is 361 g/mol. The molecule has 4 rings (SSSR count). The molecule has 3 fully saturated rings. The number of anilines is 1. The van der Waals surface area contributed by atoms with Crippen molar-refractivity contribution in [3.8, 4) is 0 Å². The van der Waals surface area contributed by atoms with Gasteiger partial charge < -0.3 is 10.6 Å². The zero-order chi connectivity index (χ0) is 17.2. The van der Waals surface area contributed by atoms with E-state index in [0.29, 0.717) is 23.1 Å². The van der Waals surface area contributed by atoms with E-state index >= 15 is 0 Å². The first-order valence-electron chi connectivity index (χ1n) is 9.79. The predicted molar refractivity (Wildman–Crippen MR) is 102 cm³/mol. The highest BCUT2D eigenvalue weighted by atomic mass is 35.5. The average molecular weight is 362 g/mol. The zero-order valence-electron chi connectivity index (χ0n) is 14.7. The van der Waals surface area contributed by atoms with Crippen LogP contribution in [0, 0.1) is 0 Å². The second kappa shape index (κ2) is 7.55. The summed E-state index contributed by atoms with van der Waals surface area (Å²) in [5.74, 6) is 0. The van der Waals surface area contributed by atoms with Gasteiger partial charge in [-0.05, 0) is 62.8 Å². The Labute approximate surface area is 155 Å². The standard InChI is InChI=1S/C20H28ClN3O/c21-14-8-10-15(11-9-14)22-20(25)23-16-12-18-6-3-7-19(13-16)24(18)17-4-1-2-5-17/h8-11,16-19H,1-7,12-13H2,(H2,22,23,25)/t18-,19-/m1/s1. The molecule has 1 saturated carbocycles. The van der Waals surface area contributed by atoms with E-state index in [1.54, 1.807) is 12.1 Å². The third kappa shape index (κ3) is 3.95. The van der Waals surface area contributed by atoms with E-state index in [0.717, 1.165) is 24.6 Å². The summed E-state index contributed by atoms with van der Waals surface area (Å²) in [6.07, 6.45) is 11.7. The van der Waals surface area contributed by atoms with Gasteiger partial charge in [-0.15, -0.1) is 0 Å². The number of nitrogens with one attached hydrogen (secondary N) is 2. The molecule has 2 saturated heterocycles. The van der Waals surface area contributed by atoms with Crippen molar-refractivity contribution in [1.82, 2.24) is 10.2 Å². The fraction of sp³-hybridized carbons (Fsp3) is 0.650. The lowest BCUT2D eigenvalue weighted by Gasteiger charge is -2.51. The molecule has 5 heteroatoms. The molecule has 3 aliphatic rings. The van der Waals surface area contributed by atoms with Crippen LogP contribution in [0.4, 0.5) is 10.5 Å². The number of nitrogens with zero attached hydrogens (tertiary/aromatic N) is 1. The predicted octanol–water partition coefficient (Wildman–Crippen LogP) is 4.79. The lowest BCUT2D eigenvalue weighted by Crippen LogP contribution is -2.59. The minimum absolute atomic E-state index is 0.0975. The van der Waals surface area contributed by atoms with Gasteiger partial charge in [0.25, 0.3) is 0 Å². The van der Waals surface area contributed by atoms with Crippen LogP contribution in [0.5, 0.6) is 0 Å². The van der Waals surface area contributed by atoms with Gasteiger partial charge >= 0.3 is 6.03 Å². The molecule has 2 heterocycles. The van der Waals surface area contributed by atoms with E-state index in [2.05, 4.69) is 15.5 Å². The number of piperidine rings is 2. The van der Waals surface area contributed by atoms with E-state index in [-0.39, 0.29) is 6.03 Å². The molecular formula is C20H28ClN3O. The number of carbonyl (C=O) groups is 1. The quantitative estimate of drug-likeness (QED) is 0.812. The van der Waals surface area contributed by atoms with Gasteiger partial charge in [0.15, 0.2) is 0 Å². The largest absolute Gasteiger partial charge is 0.335 e. The summed E-state index contributed by atoms with van der Waals surface area (Å²) in [4.78, 5) is 15.2. The zero-order valence-corrected chi connectivity index (χ0v) is 15.5. The maximum absolute atomic E-state index is 12.4. The highest BCUT2D eigenvalue weighted by Gasteiger charge is 2.42. The highest BCUT2D eigenvalue weighted by molar-refractivity contribution is 6.30. The van der Waals surface area contributed by atoms with E-state index in [1.807, 2.05) is 12.1 Å². The summed E-state index contributed by atoms with van der Waals surface area (Å²) in [5, 5.41) is 6.82. The summed E-state index contributed by atoms with van der Waals surface area (Å²) in [6.45, 7) is 0. The van der Waals surface area contributed by atoms with Gasteiger partial charge in [-0.2, -0.15) is 0 Å². The van der Waals surface area contributed by atoms with E-state index in [4.69, 9.17) is 11.6 Å². The maximum Gasteiger partial charge on any atom is 0.319 e. The van der Waals surface area contributed by atoms with Crippen molar-refractivity contribution in [2.45, 2.75) is 82.0 Å². The van der Waals surface area contributed by atoms with Crippen molar-refractivity contribution >= 4 is 23.3 Å². The van der Waals surface area contributed by atoms with Crippen LogP contribution in [-0.2, 0) is 0 Å². The second-order valence-corrected chi connectivity index (χ2v) is 8.33. The number of rotatable bonds is 3. The van der Waals surface area contributed by atoms with Crippen molar-refractivity contribution in [2.75, 3.05) is 5.32 Å². The molecule has 2 bridgehead atoms. The van der Waals surface area contributed by atoms with Gasteiger partial charge in [-0.1, -0.05) is 30.9 Å². The fourth-order valence-electron chi connectivity index (χ4n) is 5.22. The normalized spacial score (nSPS) is 30.2. The van der Waals surface area contributed by atoms with Gasteiger partial charge in [0, 0.05) is 34.9 Å². The Hall–Kier alpha value is -1.26. The molecule has 1 aromatic rings. The topological polar surface area (TPSA) is 44.4 Å². The van der Waals surface area contributed by atoms with Crippen LogP contribution < -0.4 is 10.6 Å². The number of halogens is 1. The first kappa shape index (κ1) is 17.2. The minimum atomic E-state index is -0.0975. The first-order chi connectivity index (χ1) is 12.2. The maximum atomic E-state index is 12.4. The molecule has 0 radical (unpaired) electrons. The third-order valence-corrected chi connectivity index (χ3v) is 6.47. The molecule has 2 atom stereocenters. The molecular weight excluding hydrogens is 334 g/mol. The molecule has 2 aliphatic heterocycles. The molecule has 0 spiro atoms. The van der Waals surface area contributed by atoms with Crippen LogP contribution in [-0.4, -0.2) is 35.1 Å². The summed E-state index contributed by atoms with van der Waals surface area (Å²) in [6, 6.07) is 9.58. The second-order valence-electron chi connectivity index (χ2n) is 7.90. The molecule has 1 aromatic carbocycles. The third-order valence-electron chi connectivity index (χ3n) is 6.21. The van der Waals surface area contributed by atoms with Crippen molar-refractivity contribution in [3.63, 3.8) is 0 Å². The Morgan fingerprint density at radius 1 is 0.920 bits per heavy atom. The van der Waals surface area contributed by atoms with Gasteiger partial charge in [-0.25, -0.2) is 4.79 Å². The van der Waals surface area contributed by atoms with Crippen molar-refractivity contribution in [3.05, 3.63) is 29.3 Å². The lowest BCUT2D eigenvalue weighted by molar-refractivity contribution is -0.00680. The van der Waals surface area contributed by atoms with Gasteiger partial charge in [-0.3, -0.25) is 4.90 Å². The Morgan fingerprint density at radius 2 is 1.52 bits per heavy atom. The summed E-state index contributed by atoms with van der Waals surface area (Å²) in [7, 11) is 0. The SMILES string of the molecule is O=C(Nc1ccc(Cl)cc1)NC1C[C@H]2CCC[C@H](C1)N2C1CCCC1. The van der Waals surface area contributed by atoms with Crippen LogP contribution in [0.2, 0.25) is 5.02 Å². The number of benzene rings is 1. The molecule has 136 valence electrons. The summed E-state index contributed by atoms with van der Waals surface area (Å²) < 4.78 is 0.